The van der Waals surface area contributed by atoms with Crippen LogP contribution in [0.3, 0.4) is 0 Å². The standard InChI is InChI=1S/C20H27NO4/c1-4-5-13-24-15(2)20(23)25-14-19(22)21(3)18-12-8-10-16-9-6-7-11-17(16)18/h4,6-7,9,11,15,18H,1,5,8,10,12-14H2,2-3H3. The fourth-order valence-electron chi connectivity index (χ4n) is 3.05. The summed E-state index contributed by atoms with van der Waals surface area (Å²) in [5.74, 6) is -0.719. The molecule has 0 saturated heterocycles. The maximum atomic E-state index is 12.4. The lowest BCUT2D eigenvalue weighted by Gasteiger charge is -2.33. The molecular formula is C20H27NO4. The molecule has 0 heterocycles. The van der Waals surface area contributed by atoms with E-state index in [1.165, 1.54) is 11.1 Å². The zero-order valence-electron chi connectivity index (χ0n) is 15.1. The van der Waals surface area contributed by atoms with Crippen molar-refractivity contribution in [3.05, 3.63) is 48.0 Å². The Morgan fingerprint density at radius 1 is 1.40 bits per heavy atom. The van der Waals surface area contributed by atoms with E-state index in [1.807, 2.05) is 12.1 Å². The Morgan fingerprint density at radius 3 is 2.92 bits per heavy atom. The molecule has 5 nitrogen and oxygen atoms in total. The molecule has 2 atom stereocenters. The summed E-state index contributed by atoms with van der Waals surface area (Å²) in [5.41, 5.74) is 2.48. The van der Waals surface area contributed by atoms with Gasteiger partial charge in [-0.25, -0.2) is 4.79 Å². The SMILES string of the molecule is C=CCCOC(C)C(=O)OCC(=O)N(C)C1CCCc2ccccc21. The molecule has 1 aliphatic rings. The van der Waals surface area contributed by atoms with Gasteiger partial charge in [0.2, 0.25) is 0 Å². The smallest absolute Gasteiger partial charge is 0.335 e. The average Bonchev–Trinajstić information content (AvgIpc) is 2.64. The van der Waals surface area contributed by atoms with Crippen LogP contribution in [0.4, 0.5) is 0 Å². The van der Waals surface area contributed by atoms with Gasteiger partial charge in [0.1, 0.15) is 0 Å². The number of ether oxygens (including phenoxy) is 2. The number of carbonyl (C=O) groups excluding carboxylic acids is 2. The molecule has 25 heavy (non-hydrogen) atoms. The molecule has 1 aromatic carbocycles. The first-order valence-electron chi connectivity index (χ1n) is 8.77. The number of carbonyl (C=O) groups is 2. The third kappa shape index (κ3) is 5.16. The number of nitrogens with zero attached hydrogens (tertiary/aromatic N) is 1. The molecular weight excluding hydrogens is 318 g/mol. The van der Waals surface area contributed by atoms with Gasteiger partial charge in [0.25, 0.3) is 5.91 Å². The molecule has 1 amide bonds. The molecule has 136 valence electrons. The summed E-state index contributed by atoms with van der Waals surface area (Å²) in [6.07, 6.45) is 4.72. The Bertz CT molecular complexity index is 613. The van der Waals surface area contributed by atoms with Gasteiger partial charge in [-0.05, 0) is 43.7 Å². The maximum absolute atomic E-state index is 12.4. The summed E-state index contributed by atoms with van der Waals surface area (Å²) >= 11 is 0. The molecule has 0 fully saturated rings. The number of rotatable bonds is 8. The van der Waals surface area contributed by atoms with E-state index in [2.05, 4.69) is 18.7 Å². The number of hydrogen-bond acceptors (Lipinski definition) is 4. The first-order chi connectivity index (χ1) is 12.0. The minimum absolute atomic E-state index is 0.0393. The van der Waals surface area contributed by atoms with Crippen molar-refractivity contribution in [3.8, 4) is 0 Å². The predicted molar refractivity (Wildman–Crippen MR) is 96.1 cm³/mol. The van der Waals surface area contributed by atoms with Gasteiger partial charge in [0, 0.05) is 7.05 Å². The van der Waals surface area contributed by atoms with Crippen LogP contribution in [-0.4, -0.2) is 43.1 Å². The van der Waals surface area contributed by atoms with Crippen LogP contribution in [0.15, 0.2) is 36.9 Å². The Balaban J connectivity index is 1.87. The summed E-state index contributed by atoms with van der Waals surface area (Å²) in [6, 6.07) is 8.25. The van der Waals surface area contributed by atoms with Gasteiger partial charge in [-0.15, -0.1) is 6.58 Å². The van der Waals surface area contributed by atoms with Crippen LogP contribution >= 0.6 is 0 Å². The van der Waals surface area contributed by atoms with E-state index in [0.717, 1.165) is 19.3 Å². The van der Waals surface area contributed by atoms with Crippen molar-refractivity contribution in [1.82, 2.24) is 4.90 Å². The van der Waals surface area contributed by atoms with Gasteiger partial charge >= 0.3 is 5.97 Å². The number of esters is 1. The average molecular weight is 345 g/mol. The Labute approximate surface area is 149 Å². The van der Waals surface area contributed by atoms with Crippen LogP contribution in [-0.2, 0) is 25.5 Å². The number of amides is 1. The van der Waals surface area contributed by atoms with Crippen LogP contribution in [0.5, 0.6) is 0 Å². The molecule has 0 radical (unpaired) electrons. The molecule has 0 N–H and O–H groups in total. The van der Waals surface area contributed by atoms with Crippen molar-refractivity contribution in [2.45, 2.75) is 44.8 Å². The number of aryl methyl sites for hydroxylation is 1. The van der Waals surface area contributed by atoms with Crippen molar-refractivity contribution in [2.75, 3.05) is 20.3 Å². The van der Waals surface area contributed by atoms with Gasteiger partial charge in [0.15, 0.2) is 12.7 Å². The van der Waals surface area contributed by atoms with Gasteiger partial charge in [-0.1, -0.05) is 30.3 Å². The van der Waals surface area contributed by atoms with Gasteiger partial charge in [0.05, 0.1) is 12.6 Å². The lowest BCUT2D eigenvalue weighted by Crippen LogP contribution is -2.37. The third-order valence-electron chi connectivity index (χ3n) is 4.56. The Morgan fingerprint density at radius 2 is 2.16 bits per heavy atom. The van der Waals surface area contributed by atoms with Crippen LogP contribution in [0, 0.1) is 0 Å². The molecule has 0 spiro atoms. The second-order valence-electron chi connectivity index (χ2n) is 6.31. The largest absolute Gasteiger partial charge is 0.454 e. The third-order valence-corrected chi connectivity index (χ3v) is 4.56. The van der Waals surface area contributed by atoms with Crippen LogP contribution in [0.1, 0.15) is 43.4 Å². The molecule has 1 aromatic rings. The lowest BCUT2D eigenvalue weighted by molar-refractivity contribution is -0.161. The predicted octanol–water partition coefficient (Wildman–Crippen LogP) is 3.05. The summed E-state index contributed by atoms with van der Waals surface area (Å²) in [5, 5.41) is 0. The topological polar surface area (TPSA) is 55.8 Å². The van der Waals surface area contributed by atoms with Crippen molar-refractivity contribution in [1.29, 1.82) is 0 Å². The molecule has 0 aromatic heterocycles. The van der Waals surface area contributed by atoms with E-state index < -0.39 is 12.1 Å². The molecule has 2 unspecified atom stereocenters. The highest BCUT2D eigenvalue weighted by molar-refractivity contribution is 5.82. The summed E-state index contributed by atoms with van der Waals surface area (Å²) in [7, 11) is 1.77. The number of hydrogen-bond donors (Lipinski definition) is 0. The second-order valence-corrected chi connectivity index (χ2v) is 6.31. The lowest BCUT2D eigenvalue weighted by atomic mass is 9.87. The molecule has 5 heteroatoms. The fraction of sp³-hybridized carbons (Fsp3) is 0.500. The van der Waals surface area contributed by atoms with Gasteiger partial charge in [-0.2, -0.15) is 0 Å². The minimum Gasteiger partial charge on any atom is -0.454 e. The van der Waals surface area contributed by atoms with Gasteiger partial charge in [-0.3, -0.25) is 4.79 Å². The van der Waals surface area contributed by atoms with Crippen LogP contribution in [0.2, 0.25) is 0 Å². The second kappa shape index (κ2) is 9.37. The summed E-state index contributed by atoms with van der Waals surface area (Å²) in [6.45, 7) is 5.37. The van der Waals surface area contributed by atoms with E-state index >= 15 is 0 Å². The normalized spacial score (nSPS) is 17.3. The van der Waals surface area contributed by atoms with Crippen molar-refractivity contribution in [3.63, 3.8) is 0 Å². The highest BCUT2D eigenvalue weighted by atomic mass is 16.6. The van der Waals surface area contributed by atoms with Gasteiger partial charge < -0.3 is 14.4 Å². The van der Waals surface area contributed by atoms with Crippen molar-refractivity contribution in [2.24, 2.45) is 0 Å². The Hall–Kier alpha value is -2.14. The van der Waals surface area contributed by atoms with E-state index in [9.17, 15) is 9.59 Å². The quantitative estimate of drug-likeness (QED) is 0.413. The number of likely N-dealkylation sites (N-methyl/N-ethyl adjacent to an activating group) is 1. The van der Waals surface area contributed by atoms with Crippen molar-refractivity contribution >= 4 is 11.9 Å². The monoisotopic (exact) mass is 345 g/mol. The first-order valence-corrected chi connectivity index (χ1v) is 8.77. The Kier molecular flexibility index (Phi) is 7.19. The zero-order chi connectivity index (χ0) is 18.2. The fourth-order valence-corrected chi connectivity index (χ4v) is 3.05. The summed E-state index contributed by atoms with van der Waals surface area (Å²) in [4.78, 5) is 26.0. The highest BCUT2D eigenvalue weighted by Crippen LogP contribution is 2.33. The summed E-state index contributed by atoms with van der Waals surface area (Å²) < 4.78 is 10.4. The zero-order valence-corrected chi connectivity index (χ0v) is 15.1. The maximum Gasteiger partial charge on any atom is 0.335 e. The minimum atomic E-state index is -0.687. The number of benzene rings is 1. The number of fused-ring (bicyclic) bond motifs is 1. The molecule has 0 saturated carbocycles. The van der Waals surface area contributed by atoms with E-state index in [4.69, 9.17) is 9.47 Å². The molecule has 0 aliphatic heterocycles. The molecule has 2 rings (SSSR count). The van der Waals surface area contributed by atoms with E-state index in [0.29, 0.717) is 13.0 Å². The molecule has 0 bridgehead atoms. The van der Waals surface area contributed by atoms with Crippen molar-refractivity contribution < 1.29 is 19.1 Å². The van der Waals surface area contributed by atoms with E-state index in [-0.39, 0.29) is 18.6 Å². The van der Waals surface area contributed by atoms with E-state index in [1.54, 1.807) is 24.9 Å². The molecule has 1 aliphatic carbocycles. The highest BCUT2D eigenvalue weighted by Gasteiger charge is 2.27. The first kappa shape index (κ1) is 19.2. The van der Waals surface area contributed by atoms with Crippen LogP contribution < -0.4 is 0 Å². The van der Waals surface area contributed by atoms with Crippen LogP contribution in [0.25, 0.3) is 0 Å².